The Labute approximate surface area is 121 Å². The normalized spacial score (nSPS) is 10.8. The number of hydrazine groups is 1. The zero-order valence-electron chi connectivity index (χ0n) is 10.2. The van der Waals surface area contributed by atoms with Gasteiger partial charge in [-0.2, -0.15) is 0 Å². The molecule has 0 fully saturated rings. The maximum Gasteiger partial charge on any atom is 0.251 e. The Morgan fingerprint density at radius 3 is 3.10 bits per heavy atom. The number of hydrogen-bond donors (Lipinski definition) is 3. The first kappa shape index (κ1) is 13.0. The van der Waals surface area contributed by atoms with Crippen LogP contribution in [0.25, 0.3) is 10.2 Å². The number of aromatic nitrogens is 4. The van der Waals surface area contributed by atoms with Gasteiger partial charge in [-0.25, -0.2) is 20.8 Å². The summed E-state index contributed by atoms with van der Waals surface area (Å²) in [5.74, 6) is 7.19. The van der Waals surface area contributed by atoms with Crippen molar-refractivity contribution in [3.8, 4) is 0 Å². The van der Waals surface area contributed by atoms with Crippen LogP contribution in [0.2, 0.25) is 0 Å². The number of nitrogen functional groups attached to an aromatic ring is 1. The molecule has 3 rings (SSSR count). The number of H-pyrrole nitrogens is 1. The molecule has 0 radical (unpaired) electrons. The average molecular weight is 306 g/mol. The summed E-state index contributed by atoms with van der Waals surface area (Å²) < 4.78 is 0. The van der Waals surface area contributed by atoms with Gasteiger partial charge in [-0.05, 0) is 11.4 Å². The lowest BCUT2D eigenvalue weighted by atomic mass is 10.4. The van der Waals surface area contributed by atoms with E-state index in [2.05, 4.69) is 25.4 Å². The molecule has 0 spiro atoms. The highest BCUT2D eigenvalue weighted by atomic mass is 32.2. The van der Waals surface area contributed by atoms with E-state index in [0.717, 1.165) is 10.2 Å². The predicted molar refractivity (Wildman–Crippen MR) is 79.6 cm³/mol. The van der Waals surface area contributed by atoms with Crippen LogP contribution in [0.5, 0.6) is 0 Å². The Kier molecular flexibility index (Phi) is 3.63. The molecule has 3 heterocycles. The van der Waals surface area contributed by atoms with Crippen LogP contribution >= 0.6 is 23.1 Å². The number of aromatic amines is 1. The van der Waals surface area contributed by atoms with Crippen molar-refractivity contribution in [1.29, 1.82) is 0 Å². The molecule has 9 heteroatoms. The van der Waals surface area contributed by atoms with Crippen molar-refractivity contribution in [2.45, 2.75) is 10.9 Å². The summed E-state index contributed by atoms with van der Waals surface area (Å²) in [7, 11) is 0. The number of thiophene rings is 1. The molecule has 0 aliphatic carbocycles. The van der Waals surface area contributed by atoms with E-state index in [0.29, 0.717) is 22.6 Å². The van der Waals surface area contributed by atoms with E-state index in [-0.39, 0.29) is 5.56 Å². The number of fused-ring (bicyclic) bond motifs is 1. The predicted octanol–water partition coefficient (Wildman–Crippen LogP) is 1.35. The molecule has 0 saturated heterocycles. The Bertz CT molecular complexity index is 799. The molecule has 0 atom stereocenters. The molecule has 3 aromatic heterocycles. The van der Waals surface area contributed by atoms with Crippen molar-refractivity contribution < 1.29 is 0 Å². The third kappa shape index (κ3) is 2.64. The van der Waals surface area contributed by atoms with Crippen LogP contribution in [0, 0.1) is 0 Å². The summed E-state index contributed by atoms with van der Waals surface area (Å²) in [4.78, 5) is 27.6. The van der Waals surface area contributed by atoms with Gasteiger partial charge in [0.2, 0.25) is 0 Å². The fourth-order valence-corrected chi connectivity index (χ4v) is 3.12. The van der Waals surface area contributed by atoms with Crippen molar-refractivity contribution in [1.82, 2.24) is 19.9 Å². The molecule has 0 amide bonds. The molecule has 102 valence electrons. The summed E-state index contributed by atoms with van der Waals surface area (Å²) in [5, 5.41) is 3.37. The molecule has 7 nitrogen and oxygen atoms in total. The van der Waals surface area contributed by atoms with Crippen LogP contribution in [0.15, 0.2) is 33.7 Å². The lowest BCUT2D eigenvalue weighted by molar-refractivity contribution is 0.932. The quantitative estimate of drug-likeness (QED) is 0.289. The van der Waals surface area contributed by atoms with Gasteiger partial charge >= 0.3 is 0 Å². The standard InChI is InChI=1S/C11H10N6OS2/c12-17-9-6-2-4-19-10(6)15-7(14-9)5-20-11-13-3-1-8(18)16-11/h1-4H,5,12H2,(H,13,16,18)(H,14,15,17). The second kappa shape index (κ2) is 5.57. The van der Waals surface area contributed by atoms with Crippen molar-refractivity contribution in [2.24, 2.45) is 5.84 Å². The van der Waals surface area contributed by atoms with Gasteiger partial charge in [0.15, 0.2) is 11.0 Å². The van der Waals surface area contributed by atoms with Crippen molar-refractivity contribution in [2.75, 3.05) is 5.43 Å². The smallest absolute Gasteiger partial charge is 0.251 e. The lowest BCUT2D eigenvalue weighted by Gasteiger charge is -2.04. The molecule has 0 aliphatic heterocycles. The van der Waals surface area contributed by atoms with Gasteiger partial charge in [-0.3, -0.25) is 4.79 Å². The maximum absolute atomic E-state index is 11.2. The molecular weight excluding hydrogens is 296 g/mol. The highest BCUT2D eigenvalue weighted by Crippen LogP contribution is 2.26. The Balaban J connectivity index is 1.85. The first-order valence-electron chi connectivity index (χ1n) is 5.65. The van der Waals surface area contributed by atoms with Crippen LogP contribution in [0.3, 0.4) is 0 Å². The number of thioether (sulfide) groups is 1. The SMILES string of the molecule is NNc1nc(CSc2nccc(=O)[nH]2)nc2sccc12. The van der Waals surface area contributed by atoms with Crippen molar-refractivity contribution >= 4 is 39.1 Å². The van der Waals surface area contributed by atoms with Gasteiger partial charge in [-0.1, -0.05) is 11.8 Å². The third-order valence-electron chi connectivity index (χ3n) is 2.49. The first-order valence-corrected chi connectivity index (χ1v) is 7.51. The van der Waals surface area contributed by atoms with Crippen LogP contribution in [-0.4, -0.2) is 19.9 Å². The number of anilines is 1. The fraction of sp³-hybridized carbons (Fsp3) is 0.0909. The van der Waals surface area contributed by atoms with Crippen molar-refractivity contribution in [3.63, 3.8) is 0 Å². The van der Waals surface area contributed by atoms with Gasteiger partial charge in [0.1, 0.15) is 10.7 Å². The highest BCUT2D eigenvalue weighted by Gasteiger charge is 2.08. The van der Waals surface area contributed by atoms with E-state index >= 15 is 0 Å². The number of hydrogen-bond acceptors (Lipinski definition) is 8. The van der Waals surface area contributed by atoms with Gasteiger partial charge in [0.05, 0.1) is 11.1 Å². The number of nitrogens with two attached hydrogens (primary N) is 1. The van der Waals surface area contributed by atoms with Crippen LogP contribution < -0.4 is 16.8 Å². The number of nitrogens with one attached hydrogen (secondary N) is 2. The molecular formula is C11H10N6OS2. The largest absolute Gasteiger partial charge is 0.308 e. The Morgan fingerprint density at radius 2 is 2.30 bits per heavy atom. The molecule has 0 aromatic carbocycles. The van der Waals surface area contributed by atoms with E-state index in [1.165, 1.54) is 35.4 Å². The zero-order chi connectivity index (χ0) is 13.9. The van der Waals surface area contributed by atoms with Crippen LogP contribution in [0.4, 0.5) is 5.82 Å². The Morgan fingerprint density at radius 1 is 1.40 bits per heavy atom. The molecule has 3 aromatic rings. The maximum atomic E-state index is 11.2. The monoisotopic (exact) mass is 306 g/mol. The molecule has 0 aliphatic rings. The fourth-order valence-electron chi connectivity index (χ4n) is 1.63. The number of nitrogens with zero attached hydrogens (tertiary/aromatic N) is 3. The zero-order valence-corrected chi connectivity index (χ0v) is 11.8. The van der Waals surface area contributed by atoms with Gasteiger partial charge in [-0.15, -0.1) is 11.3 Å². The van der Waals surface area contributed by atoms with E-state index < -0.39 is 0 Å². The second-order valence-corrected chi connectivity index (χ2v) is 5.66. The van der Waals surface area contributed by atoms with Crippen LogP contribution in [0.1, 0.15) is 5.82 Å². The topological polar surface area (TPSA) is 110 Å². The van der Waals surface area contributed by atoms with E-state index in [9.17, 15) is 4.79 Å². The summed E-state index contributed by atoms with van der Waals surface area (Å²) in [6.45, 7) is 0. The van der Waals surface area contributed by atoms with Gasteiger partial charge < -0.3 is 10.4 Å². The van der Waals surface area contributed by atoms with Crippen molar-refractivity contribution in [3.05, 3.63) is 39.9 Å². The average Bonchev–Trinajstić information content (AvgIpc) is 2.92. The van der Waals surface area contributed by atoms with Gasteiger partial charge in [0, 0.05) is 12.3 Å². The Hall–Kier alpha value is -1.97. The second-order valence-electron chi connectivity index (χ2n) is 3.80. The molecule has 4 N–H and O–H groups in total. The van der Waals surface area contributed by atoms with E-state index in [4.69, 9.17) is 5.84 Å². The van der Waals surface area contributed by atoms with Gasteiger partial charge in [0.25, 0.3) is 5.56 Å². The van der Waals surface area contributed by atoms with Crippen LogP contribution in [-0.2, 0) is 5.75 Å². The third-order valence-corrected chi connectivity index (χ3v) is 4.18. The van der Waals surface area contributed by atoms with E-state index in [1.54, 1.807) is 0 Å². The molecule has 0 unspecified atom stereocenters. The minimum Gasteiger partial charge on any atom is -0.308 e. The minimum atomic E-state index is -0.179. The summed E-state index contributed by atoms with van der Waals surface area (Å²) in [5.41, 5.74) is 2.40. The summed E-state index contributed by atoms with van der Waals surface area (Å²) >= 11 is 2.89. The minimum absolute atomic E-state index is 0.179. The highest BCUT2D eigenvalue weighted by molar-refractivity contribution is 7.98. The van der Waals surface area contributed by atoms with E-state index in [1.807, 2.05) is 11.4 Å². The number of rotatable bonds is 4. The molecule has 20 heavy (non-hydrogen) atoms. The summed E-state index contributed by atoms with van der Waals surface area (Å²) in [6.07, 6.45) is 1.47. The molecule has 0 bridgehead atoms. The molecule has 0 saturated carbocycles. The first-order chi connectivity index (χ1) is 9.76. The lowest BCUT2D eigenvalue weighted by Crippen LogP contribution is -2.10. The summed E-state index contributed by atoms with van der Waals surface area (Å²) in [6, 6.07) is 3.29.